The van der Waals surface area contributed by atoms with Crippen LogP contribution in [0.25, 0.3) is 0 Å². The van der Waals surface area contributed by atoms with Gasteiger partial charge in [-0.3, -0.25) is 4.79 Å². The molecule has 0 radical (unpaired) electrons. The van der Waals surface area contributed by atoms with Crippen LogP contribution in [0.1, 0.15) is 32.3 Å². The van der Waals surface area contributed by atoms with Crippen molar-refractivity contribution >= 4 is 5.91 Å². The maximum Gasteiger partial charge on any atom is 0.240 e. The van der Waals surface area contributed by atoms with Gasteiger partial charge >= 0.3 is 0 Å². The molecule has 0 saturated carbocycles. The number of carbonyl (C=O) groups is 1. The summed E-state index contributed by atoms with van der Waals surface area (Å²) in [4.78, 5) is 14.4. The largest absolute Gasteiger partial charge is 0.504 e. The Bertz CT molecular complexity index is 516. The molecule has 4 N–H and O–H groups in total. The highest BCUT2D eigenvalue weighted by atomic mass is 16.3. The lowest BCUT2D eigenvalue weighted by molar-refractivity contribution is -0.134. The lowest BCUT2D eigenvalue weighted by Crippen LogP contribution is -2.48. The van der Waals surface area contributed by atoms with Crippen molar-refractivity contribution in [2.45, 2.75) is 45.2 Å². The molecule has 0 spiro atoms. The molecule has 1 amide bonds. The molecule has 2 atom stereocenters. The number of benzene rings is 1. The molecule has 0 bridgehead atoms. The monoisotopic (exact) mass is 292 g/mol. The van der Waals surface area contributed by atoms with E-state index in [0.29, 0.717) is 12.3 Å². The van der Waals surface area contributed by atoms with Crippen molar-refractivity contribution in [2.75, 3.05) is 6.54 Å². The van der Waals surface area contributed by atoms with Crippen LogP contribution in [0.5, 0.6) is 11.5 Å². The van der Waals surface area contributed by atoms with Gasteiger partial charge in [0, 0.05) is 12.6 Å². The summed E-state index contributed by atoms with van der Waals surface area (Å²) in [7, 11) is 0. The Kier molecular flexibility index (Phi) is 4.73. The normalized spacial score (nSPS) is 20.0. The molecule has 0 aromatic heterocycles. The van der Waals surface area contributed by atoms with Gasteiger partial charge in [-0.25, -0.2) is 0 Å². The number of amides is 1. The van der Waals surface area contributed by atoms with E-state index in [9.17, 15) is 15.0 Å². The van der Waals surface area contributed by atoms with Crippen LogP contribution in [0, 0.1) is 5.92 Å². The van der Waals surface area contributed by atoms with Gasteiger partial charge in [0.2, 0.25) is 5.91 Å². The third-order valence-corrected chi connectivity index (χ3v) is 4.16. The molecule has 1 saturated heterocycles. The summed E-state index contributed by atoms with van der Waals surface area (Å²) in [5.41, 5.74) is 6.79. The predicted octanol–water partition coefficient (Wildman–Crippen LogP) is 1.61. The van der Waals surface area contributed by atoms with Crippen molar-refractivity contribution in [3.63, 3.8) is 0 Å². The first-order valence-electron chi connectivity index (χ1n) is 7.47. The first-order chi connectivity index (χ1) is 9.90. The number of likely N-dealkylation sites (tertiary alicyclic amines) is 1. The Labute approximate surface area is 125 Å². The topological polar surface area (TPSA) is 86.8 Å². The van der Waals surface area contributed by atoms with Crippen molar-refractivity contribution in [3.8, 4) is 11.5 Å². The minimum absolute atomic E-state index is 0.0289. The fourth-order valence-corrected chi connectivity index (χ4v) is 3.01. The van der Waals surface area contributed by atoms with Crippen molar-refractivity contribution in [3.05, 3.63) is 23.8 Å². The molecule has 2 rings (SSSR count). The van der Waals surface area contributed by atoms with Crippen LogP contribution in [0.4, 0.5) is 0 Å². The number of phenolic OH excluding ortho intramolecular Hbond substituents is 2. The Hall–Kier alpha value is -1.75. The molecule has 116 valence electrons. The van der Waals surface area contributed by atoms with E-state index in [1.807, 2.05) is 4.90 Å². The summed E-state index contributed by atoms with van der Waals surface area (Å²) in [5.74, 6) is 0.0478. The maximum atomic E-state index is 12.5. The number of hydrogen-bond donors (Lipinski definition) is 3. The van der Waals surface area contributed by atoms with Crippen LogP contribution in [0.3, 0.4) is 0 Å². The van der Waals surface area contributed by atoms with Crippen LogP contribution in [-0.2, 0) is 11.2 Å². The van der Waals surface area contributed by atoms with Crippen molar-refractivity contribution in [1.82, 2.24) is 4.90 Å². The van der Waals surface area contributed by atoms with Crippen LogP contribution >= 0.6 is 0 Å². The van der Waals surface area contributed by atoms with E-state index in [1.54, 1.807) is 6.07 Å². The van der Waals surface area contributed by atoms with E-state index >= 15 is 0 Å². The Morgan fingerprint density at radius 3 is 2.71 bits per heavy atom. The maximum absolute atomic E-state index is 12.5. The highest BCUT2D eigenvalue weighted by molar-refractivity contribution is 5.82. The van der Waals surface area contributed by atoms with E-state index in [2.05, 4.69) is 13.8 Å². The van der Waals surface area contributed by atoms with Gasteiger partial charge in [-0.1, -0.05) is 19.9 Å². The molecule has 21 heavy (non-hydrogen) atoms. The number of carbonyl (C=O) groups excluding carboxylic acids is 1. The molecule has 1 aromatic carbocycles. The minimum atomic E-state index is -0.617. The van der Waals surface area contributed by atoms with Gasteiger partial charge in [0.15, 0.2) is 11.5 Å². The fraction of sp³-hybridized carbons (Fsp3) is 0.562. The smallest absolute Gasteiger partial charge is 0.240 e. The summed E-state index contributed by atoms with van der Waals surface area (Å²) in [6.07, 6.45) is 2.42. The molecular weight excluding hydrogens is 268 g/mol. The Morgan fingerprint density at radius 1 is 1.38 bits per heavy atom. The summed E-state index contributed by atoms with van der Waals surface area (Å²) in [6, 6.07) is 4.19. The fourth-order valence-electron chi connectivity index (χ4n) is 3.01. The Morgan fingerprint density at radius 2 is 2.10 bits per heavy atom. The third kappa shape index (κ3) is 3.47. The third-order valence-electron chi connectivity index (χ3n) is 4.16. The van der Waals surface area contributed by atoms with Gasteiger partial charge in [0.1, 0.15) is 0 Å². The molecule has 1 heterocycles. The number of aromatic hydroxyl groups is 2. The second-order valence-electron chi connectivity index (χ2n) is 6.12. The van der Waals surface area contributed by atoms with Gasteiger partial charge in [-0.05, 0) is 42.9 Å². The summed E-state index contributed by atoms with van der Waals surface area (Å²) in [5, 5.41) is 18.8. The second-order valence-corrected chi connectivity index (χ2v) is 6.12. The molecule has 5 heteroatoms. The first kappa shape index (κ1) is 15.6. The van der Waals surface area contributed by atoms with Gasteiger partial charge in [-0.2, -0.15) is 0 Å². The summed E-state index contributed by atoms with van der Waals surface area (Å²) >= 11 is 0. The number of nitrogens with two attached hydrogens (primary N) is 1. The van der Waals surface area contributed by atoms with E-state index in [4.69, 9.17) is 5.73 Å². The molecule has 1 fully saturated rings. The molecule has 0 aliphatic carbocycles. The molecule has 1 aromatic rings. The molecule has 1 aliphatic rings. The quantitative estimate of drug-likeness (QED) is 0.736. The predicted molar refractivity (Wildman–Crippen MR) is 81.0 cm³/mol. The zero-order valence-electron chi connectivity index (χ0n) is 12.6. The van der Waals surface area contributed by atoms with Crippen LogP contribution in [0.2, 0.25) is 0 Å². The van der Waals surface area contributed by atoms with Gasteiger partial charge in [0.05, 0.1) is 6.04 Å². The summed E-state index contributed by atoms with van der Waals surface area (Å²) in [6.45, 7) is 5.02. The van der Waals surface area contributed by atoms with Crippen molar-refractivity contribution < 1.29 is 15.0 Å². The van der Waals surface area contributed by atoms with Crippen LogP contribution < -0.4 is 5.73 Å². The van der Waals surface area contributed by atoms with E-state index < -0.39 is 6.04 Å². The number of phenols is 2. The lowest BCUT2D eigenvalue weighted by Gasteiger charge is -2.30. The average molecular weight is 292 g/mol. The second kappa shape index (κ2) is 6.35. The van der Waals surface area contributed by atoms with E-state index in [-0.39, 0.29) is 23.4 Å². The number of nitrogens with zero attached hydrogens (tertiary/aromatic N) is 1. The SMILES string of the molecule is CC(C)C1CCCN1C(=O)[C@@H](N)Cc1ccc(O)c(O)c1. The first-order valence-corrected chi connectivity index (χ1v) is 7.47. The number of rotatable bonds is 4. The standard InChI is InChI=1S/C16H24N2O3/c1-10(2)13-4-3-7-18(13)16(21)12(17)8-11-5-6-14(19)15(20)9-11/h5-6,9-10,12-13,19-20H,3-4,7-8,17H2,1-2H3/t12-,13?/m0/s1. The molecule has 1 aliphatic heterocycles. The van der Waals surface area contributed by atoms with Gasteiger partial charge in [-0.15, -0.1) is 0 Å². The van der Waals surface area contributed by atoms with Gasteiger partial charge in [0.25, 0.3) is 0 Å². The minimum Gasteiger partial charge on any atom is -0.504 e. The average Bonchev–Trinajstić information content (AvgIpc) is 2.91. The van der Waals surface area contributed by atoms with Crippen LogP contribution in [0.15, 0.2) is 18.2 Å². The summed E-state index contributed by atoms with van der Waals surface area (Å²) < 4.78 is 0. The van der Waals surface area contributed by atoms with Crippen molar-refractivity contribution in [2.24, 2.45) is 11.7 Å². The zero-order chi connectivity index (χ0) is 15.6. The van der Waals surface area contributed by atoms with E-state index in [0.717, 1.165) is 24.9 Å². The van der Waals surface area contributed by atoms with Gasteiger partial charge < -0.3 is 20.8 Å². The molecular formula is C16H24N2O3. The molecule has 5 nitrogen and oxygen atoms in total. The molecule has 1 unspecified atom stereocenters. The van der Waals surface area contributed by atoms with Crippen molar-refractivity contribution in [1.29, 1.82) is 0 Å². The highest BCUT2D eigenvalue weighted by Crippen LogP contribution is 2.27. The number of hydrogen-bond acceptors (Lipinski definition) is 4. The Balaban J connectivity index is 2.03. The van der Waals surface area contributed by atoms with Crippen LogP contribution in [-0.4, -0.2) is 39.6 Å². The highest BCUT2D eigenvalue weighted by Gasteiger charge is 2.33. The lowest BCUT2D eigenvalue weighted by atomic mass is 10.00. The zero-order valence-corrected chi connectivity index (χ0v) is 12.6. The van der Waals surface area contributed by atoms with E-state index in [1.165, 1.54) is 12.1 Å².